The molecule has 5 rings (SSSR count). The van der Waals surface area contributed by atoms with Gasteiger partial charge in [-0.3, -0.25) is 0 Å². The van der Waals surface area contributed by atoms with Crippen LogP contribution < -0.4 is 0 Å². The molecular weight excluding hydrogens is 558 g/mol. The predicted molar refractivity (Wildman–Crippen MR) is 211 cm³/mol. The van der Waals surface area contributed by atoms with E-state index in [-0.39, 0.29) is 7.43 Å². The Morgan fingerprint density at radius 3 is 0.630 bits per heavy atom. The topological polar surface area (TPSA) is 9.72 Å². The van der Waals surface area contributed by atoms with Crippen LogP contribution in [0.15, 0.2) is 0 Å². The van der Waals surface area contributed by atoms with E-state index in [1.54, 1.807) is 0 Å². The first kappa shape index (κ1) is 45.9. The summed E-state index contributed by atoms with van der Waals surface area (Å²) in [6.45, 7) is 31.1. The SMILES string of the molecule is C.CC(C)C1CCCCC1.CC(C)C1CCCCC1.CC(C)N1CCCCC1.CC(C)N1CCCCC1.CC(C)N1CCCCC1. The molecule has 3 saturated heterocycles. The monoisotopic (exact) mass is 650 g/mol. The Hall–Kier alpha value is -0.120. The van der Waals surface area contributed by atoms with Crippen LogP contribution in [0, 0.1) is 23.7 Å². The van der Waals surface area contributed by atoms with Crippen LogP contribution in [0.2, 0.25) is 0 Å². The summed E-state index contributed by atoms with van der Waals surface area (Å²) < 4.78 is 0. The summed E-state index contributed by atoms with van der Waals surface area (Å²) in [6, 6.07) is 2.31. The standard InChI is InChI=1S/2C9H18.3C8H17N.CH4/c5*1-8(2)9-6-4-3-5-7-9;/h2*8-9H,3-7H2,1-2H3;3*8H,3-7H2,1-2H3;1H4. The molecule has 0 unspecified atom stereocenters. The van der Waals surface area contributed by atoms with Gasteiger partial charge in [0.1, 0.15) is 0 Å². The molecule has 0 spiro atoms. The molecule has 2 aliphatic carbocycles. The van der Waals surface area contributed by atoms with Crippen LogP contribution >= 0.6 is 0 Å². The summed E-state index contributed by atoms with van der Waals surface area (Å²) in [5.74, 6) is 3.98. The molecule has 3 aliphatic heterocycles. The Kier molecular flexibility index (Phi) is 28.6. The molecule has 0 bridgehead atoms. The minimum Gasteiger partial charge on any atom is -0.301 e. The zero-order chi connectivity index (χ0) is 33.5. The van der Waals surface area contributed by atoms with E-state index in [9.17, 15) is 0 Å². The highest BCUT2D eigenvalue weighted by molar-refractivity contribution is 4.70. The minimum atomic E-state index is 0. The minimum absolute atomic E-state index is 0. The predicted octanol–water partition coefficient (Wildman–Crippen LogP) is 12.7. The van der Waals surface area contributed by atoms with E-state index < -0.39 is 0 Å². The lowest BCUT2D eigenvalue weighted by molar-refractivity contribution is 0.185. The Morgan fingerprint density at radius 1 is 0.304 bits per heavy atom. The lowest BCUT2D eigenvalue weighted by Gasteiger charge is -2.29. The van der Waals surface area contributed by atoms with E-state index >= 15 is 0 Å². The quantitative estimate of drug-likeness (QED) is 0.293. The fourth-order valence-electron chi connectivity index (χ4n) is 7.91. The molecule has 3 heterocycles. The van der Waals surface area contributed by atoms with E-state index in [1.807, 2.05) is 0 Å². The first-order chi connectivity index (χ1) is 21.5. The molecule has 0 amide bonds. The van der Waals surface area contributed by atoms with Gasteiger partial charge in [-0.2, -0.15) is 0 Å². The maximum Gasteiger partial charge on any atom is 0.00385 e. The van der Waals surface area contributed by atoms with E-state index in [4.69, 9.17) is 0 Å². The van der Waals surface area contributed by atoms with Gasteiger partial charge in [-0.05, 0) is 143 Å². The average molecular weight is 650 g/mol. The van der Waals surface area contributed by atoms with E-state index in [0.29, 0.717) is 0 Å². The lowest BCUT2D eigenvalue weighted by Crippen LogP contribution is -2.35. The second-order valence-electron chi connectivity index (χ2n) is 16.9. The van der Waals surface area contributed by atoms with Crippen LogP contribution in [-0.4, -0.2) is 72.1 Å². The van der Waals surface area contributed by atoms with Gasteiger partial charge in [0.25, 0.3) is 0 Å². The zero-order valence-corrected chi connectivity index (χ0v) is 33.1. The van der Waals surface area contributed by atoms with Crippen molar-refractivity contribution in [1.29, 1.82) is 0 Å². The Labute approximate surface area is 293 Å². The van der Waals surface area contributed by atoms with Crippen LogP contribution in [0.3, 0.4) is 0 Å². The molecule has 3 nitrogen and oxygen atoms in total. The summed E-state index contributed by atoms with van der Waals surface area (Å²) in [6.07, 6.45) is 27.8. The molecule has 0 aromatic heterocycles. The number of nitrogens with zero attached hydrogens (tertiary/aromatic N) is 3. The largest absolute Gasteiger partial charge is 0.301 e. The van der Waals surface area contributed by atoms with Crippen LogP contribution in [0.5, 0.6) is 0 Å². The third kappa shape index (κ3) is 22.5. The smallest absolute Gasteiger partial charge is 0.00385 e. The third-order valence-electron chi connectivity index (χ3n) is 11.5. The normalized spacial score (nSPS) is 22.5. The van der Waals surface area contributed by atoms with Gasteiger partial charge in [0.2, 0.25) is 0 Å². The highest BCUT2D eigenvalue weighted by atomic mass is 15.2. The Morgan fingerprint density at radius 2 is 0.500 bits per heavy atom. The highest BCUT2D eigenvalue weighted by Gasteiger charge is 2.17. The van der Waals surface area contributed by atoms with Gasteiger partial charge in [0.05, 0.1) is 0 Å². The molecule has 0 aromatic carbocycles. The number of piperidine rings is 3. The fourth-order valence-corrected chi connectivity index (χ4v) is 7.91. The molecule has 3 heteroatoms. The molecule has 278 valence electrons. The fraction of sp³-hybridized carbons (Fsp3) is 1.00. The molecule has 0 aromatic rings. The van der Waals surface area contributed by atoms with Gasteiger partial charge in [-0.1, -0.05) is 119 Å². The Bertz CT molecular complexity index is 484. The summed E-state index contributed by atoms with van der Waals surface area (Å²) in [5.41, 5.74) is 0. The van der Waals surface area contributed by atoms with E-state index in [2.05, 4.69) is 83.9 Å². The second kappa shape index (κ2) is 28.7. The number of hydrogen-bond acceptors (Lipinski definition) is 3. The van der Waals surface area contributed by atoms with Crippen molar-refractivity contribution < 1.29 is 0 Å². The number of likely N-dealkylation sites (tertiary alicyclic amines) is 3. The van der Waals surface area contributed by atoms with Crippen molar-refractivity contribution in [1.82, 2.24) is 14.7 Å². The molecule has 5 aliphatic rings. The van der Waals surface area contributed by atoms with Crippen molar-refractivity contribution in [2.24, 2.45) is 23.7 Å². The molecule has 0 N–H and O–H groups in total. The molecule has 0 radical (unpaired) electrons. The van der Waals surface area contributed by atoms with Crippen LogP contribution in [0.1, 0.15) is 199 Å². The molecule has 46 heavy (non-hydrogen) atoms. The van der Waals surface area contributed by atoms with Gasteiger partial charge in [0, 0.05) is 18.1 Å². The lowest BCUT2D eigenvalue weighted by atomic mass is 9.82. The summed E-state index contributed by atoms with van der Waals surface area (Å²) in [5, 5.41) is 0. The zero-order valence-electron chi connectivity index (χ0n) is 33.1. The van der Waals surface area contributed by atoms with Crippen molar-refractivity contribution in [2.75, 3.05) is 39.3 Å². The van der Waals surface area contributed by atoms with Gasteiger partial charge in [-0.15, -0.1) is 0 Å². The van der Waals surface area contributed by atoms with Crippen LogP contribution in [0.25, 0.3) is 0 Å². The van der Waals surface area contributed by atoms with E-state index in [1.165, 1.54) is 161 Å². The van der Waals surface area contributed by atoms with Crippen molar-refractivity contribution in [3.05, 3.63) is 0 Å². The molecular formula is C43H91N3. The van der Waals surface area contributed by atoms with Crippen molar-refractivity contribution in [2.45, 2.75) is 217 Å². The number of hydrogen-bond donors (Lipinski definition) is 0. The Balaban J connectivity index is 0.000000547. The van der Waals surface area contributed by atoms with Gasteiger partial charge >= 0.3 is 0 Å². The maximum absolute atomic E-state index is 2.56. The van der Waals surface area contributed by atoms with Crippen LogP contribution in [0.4, 0.5) is 0 Å². The van der Waals surface area contributed by atoms with Crippen molar-refractivity contribution in [3.63, 3.8) is 0 Å². The van der Waals surface area contributed by atoms with Gasteiger partial charge in [-0.25, -0.2) is 0 Å². The van der Waals surface area contributed by atoms with Crippen molar-refractivity contribution >= 4 is 0 Å². The molecule has 2 saturated carbocycles. The molecule has 5 fully saturated rings. The molecule has 0 atom stereocenters. The van der Waals surface area contributed by atoms with E-state index in [0.717, 1.165) is 41.8 Å². The van der Waals surface area contributed by atoms with Crippen LogP contribution in [-0.2, 0) is 0 Å². The first-order valence-electron chi connectivity index (χ1n) is 20.7. The highest BCUT2D eigenvalue weighted by Crippen LogP contribution is 2.30. The second-order valence-corrected chi connectivity index (χ2v) is 16.9. The summed E-state index contributed by atoms with van der Waals surface area (Å²) in [7, 11) is 0. The number of rotatable bonds is 5. The third-order valence-corrected chi connectivity index (χ3v) is 11.5. The maximum atomic E-state index is 2.56. The van der Waals surface area contributed by atoms with Crippen molar-refractivity contribution in [3.8, 4) is 0 Å². The average Bonchev–Trinajstić information content (AvgIpc) is 3.08. The van der Waals surface area contributed by atoms with Gasteiger partial charge in [0.15, 0.2) is 0 Å². The van der Waals surface area contributed by atoms with Gasteiger partial charge < -0.3 is 14.7 Å². The summed E-state index contributed by atoms with van der Waals surface area (Å²) in [4.78, 5) is 7.68. The summed E-state index contributed by atoms with van der Waals surface area (Å²) >= 11 is 0. The first-order valence-corrected chi connectivity index (χ1v) is 20.7.